The van der Waals surface area contributed by atoms with Crippen LogP contribution in [0.3, 0.4) is 0 Å². The Morgan fingerprint density at radius 1 is 1.19 bits per heavy atom. The standard InChI is InChI=1S/C16H20N2O7S/c1-4-5-11(20)25-8-10(19)18-15-12(16(22)24-7-6-23-3)9(2)13(26-15)14(17)21/h4-5H,6-8H2,1-3H3,(H2,17,21)(H,18,19)/b5-4+. The first-order valence-corrected chi connectivity index (χ1v) is 8.32. The van der Waals surface area contributed by atoms with Crippen LogP contribution < -0.4 is 11.1 Å². The monoisotopic (exact) mass is 384 g/mol. The van der Waals surface area contributed by atoms with Crippen LogP contribution in [0.2, 0.25) is 0 Å². The highest BCUT2D eigenvalue weighted by Crippen LogP contribution is 2.33. The van der Waals surface area contributed by atoms with Crippen LogP contribution in [0.1, 0.15) is 32.5 Å². The van der Waals surface area contributed by atoms with E-state index in [1.165, 1.54) is 20.1 Å². The molecule has 1 aromatic heterocycles. The lowest BCUT2D eigenvalue weighted by Gasteiger charge is -2.08. The van der Waals surface area contributed by atoms with Gasteiger partial charge in [0.05, 0.1) is 17.0 Å². The van der Waals surface area contributed by atoms with E-state index in [-0.39, 0.29) is 28.7 Å². The van der Waals surface area contributed by atoms with Crippen molar-refractivity contribution in [2.24, 2.45) is 5.73 Å². The molecule has 9 nitrogen and oxygen atoms in total. The zero-order chi connectivity index (χ0) is 19.7. The Hall–Kier alpha value is -2.72. The molecule has 0 unspecified atom stereocenters. The van der Waals surface area contributed by atoms with E-state index in [0.29, 0.717) is 5.56 Å². The Balaban J connectivity index is 2.96. The number of methoxy groups -OCH3 is 1. The number of primary amides is 1. The summed E-state index contributed by atoms with van der Waals surface area (Å²) in [5.74, 6) is -2.82. The number of esters is 2. The van der Waals surface area contributed by atoms with Crippen molar-refractivity contribution < 1.29 is 33.4 Å². The lowest BCUT2D eigenvalue weighted by atomic mass is 10.1. The number of ether oxygens (including phenoxy) is 3. The molecule has 0 aliphatic heterocycles. The molecule has 0 spiro atoms. The van der Waals surface area contributed by atoms with E-state index < -0.39 is 30.4 Å². The summed E-state index contributed by atoms with van der Waals surface area (Å²) in [6, 6.07) is 0. The Morgan fingerprint density at radius 2 is 1.88 bits per heavy atom. The van der Waals surface area contributed by atoms with Crippen LogP contribution in [0.15, 0.2) is 12.2 Å². The topological polar surface area (TPSA) is 134 Å². The van der Waals surface area contributed by atoms with Gasteiger partial charge in [0.2, 0.25) is 0 Å². The normalized spacial score (nSPS) is 10.6. The maximum atomic E-state index is 12.3. The van der Waals surface area contributed by atoms with Gasteiger partial charge in [-0.1, -0.05) is 6.08 Å². The third-order valence-corrected chi connectivity index (χ3v) is 4.22. The van der Waals surface area contributed by atoms with Gasteiger partial charge < -0.3 is 25.3 Å². The molecule has 0 bridgehead atoms. The number of carbonyl (C=O) groups is 4. The van der Waals surface area contributed by atoms with Crippen LogP contribution >= 0.6 is 11.3 Å². The van der Waals surface area contributed by atoms with Crippen molar-refractivity contribution in [3.63, 3.8) is 0 Å². The Bertz CT molecular complexity index is 724. The van der Waals surface area contributed by atoms with Gasteiger partial charge in [-0.05, 0) is 19.4 Å². The van der Waals surface area contributed by atoms with Crippen LogP contribution in [0.5, 0.6) is 0 Å². The molecule has 0 aliphatic rings. The van der Waals surface area contributed by atoms with Gasteiger partial charge in [0, 0.05) is 13.2 Å². The van der Waals surface area contributed by atoms with Crippen LogP contribution in [0, 0.1) is 6.92 Å². The summed E-state index contributed by atoms with van der Waals surface area (Å²) in [4.78, 5) is 47.1. The molecule has 0 atom stereocenters. The first-order valence-electron chi connectivity index (χ1n) is 7.50. The molecular weight excluding hydrogens is 364 g/mol. The number of hydrogen-bond donors (Lipinski definition) is 2. The molecule has 0 aromatic carbocycles. The van der Waals surface area contributed by atoms with E-state index >= 15 is 0 Å². The molecular formula is C16H20N2O7S. The minimum atomic E-state index is -0.738. The fourth-order valence-corrected chi connectivity index (χ4v) is 2.92. The zero-order valence-electron chi connectivity index (χ0n) is 14.6. The molecule has 26 heavy (non-hydrogen) atoms. The summed E-state index contributed by atoms with van der Waals surface area (Å²) in [6.45, 7) is 2.79. The molecule has 1 rings (SSSR count). The number of carbonyl (C=O) groups excluding carboxylic acids is 4. The van der Waals surface area contributed by atoms with E-state index in [2.05, 4.69) is 5.32 Å². The van der Waals surface area contributed by atoms with E-state index in [9.17, 15) is 19.2 Å². The van der Waals surface area contributed by atoms with Gasteiger partial charge in [-0.2, -0.15) is 0 Å². The summed E-state index contributed by atoms with van der Waals surface area (Å²) >= 11 is 0.842. The van der Waals surface area contributed by atoms with Crippen LogP contribution in [-0.4, -0.2) is 50.7 Å². The number of nitrogens with two attached hydrogens (primary N) is 1. The predicted molar refractivity (Wildman–Crippen MR) is 94.1 cm³/mol. The number of amides is 2. The van der Waals surface area contributed by atoms with Gasteiger partial charge in [-0.15, -0.1) is 11.3 Å². The summed E-state index contributed by atoms with van der Waals surface area (Å²) in [5, 5.41) is 2.52. The Morgan fingerprint density at radius 3 is 2.46 bits per heavy atom. The summed E-state index contributed by atoms with van der Waals surface area (Å²) < 4.78 is 14.6. The average molecular weight is 384 g/mol. The van der Waals surface area contributed by atoms with Gasteiger partial charge in [0.25, 0.3) is 11.8 Å². The van der Waals surface area contributed by atoms with Crippen LogP contribution in [0.25, 0.3) is 0 Å². The highest BCUT2D eigenvalue weighted by Gasteiger charge is 2.26. The SMILES string of the molecule is C/C=C/C(=O)OCC(=O)Nc1sc(C(N)=O)c(C)c1C(=O)OCCOC. The molecule has 3 N–H and O–H groups in total. The molecule has 142 valence electrons. The van der Waals surface area contributed by atoms with Gasteiger partial charge in [0.1, 0.15) is 11.6 Å². The Kier molecular flexibility index (Phi) is 8.46. The second-order valence-corrected chi connectivity index (χ2v) is 5.93. The van der Waals surface area contributed by atoms with E-state index in [4.69, 9.17) is 19.9 Å². The Labute approximate surface area is 154 Å². The van der Waals surface area contributed by atoms with Crippen molar-refractivity contribution in [3.8, 4) is 0 Å². The average Bonchev–Trinajstić information content (AvgIpc) is 2.90. The lowest BCUT2D eigenvalue weighted by molar-refractivity contribution is -0.142. The molecule has 0 saturated carbocycles. The second kappa shape index (κ2) is 10.3. The van der Waals surface area contributed by atoms with E-state index in [0.717, 1.165) is 17.4 Å². The number of anilines is 1. The van der Waals surface area contributed by atoms with Crippen molar-refractivity contribution in [2.45, 2.75) is 13.8 Å². The molecule has 0 fully saturated rings. The van der Waals surface area contributed by atoms with Crippen LogP contribution in [-0.2, 0) is 23.8 Å². The van der Waals surface area contributed by atoms with Crippen molar-refractivity contribution in [2.75, 3.05) is 32.2 Å². The van der Waals surface area contributed by atoms with Crippen molar-refractivity contribution in [1.29, 1.82) is 0 Å². The van der Waals surface area contributed by atoms with Crippen molar-refractivity contribution >= 4 is 40.1 Å². The minimum absolute atomic E-state index is 0.00484. The summed E-state index contributed by atoms with van der Waals surface area (Å²) in [5.41, 5.74) is 5.61. The fourth-order valence-electron chi connectivity index (χ4n) is 1.86. The van der Waals surface area contributed by atoms with Crippen LogP contribution in [0.4, 0.5) is 5.00 Å². The molecule has 10 heteroatoms. The highest BCUT2D eigenvalue weighted by molar-refractivity contribution is 7.18. The van der Waals surface area contributed by atoms with Gasteiger partial charge in [-0.3, -0.25) is 9.59 Å². The molecule has 0 radical (unpaired) electrons. The highest BCUT2D eigenvalue weighted by atomic mass is 32.1. The molecule has 0 aliphatic carbocycles. The number of nitrogens with one attached hydrogen (secondary N) is 1. The summed E-state index contributed by atoms with van der Waals surface area (Å²) in [7, 11) is 1.45. The van der Waals surface area contributed by atoms with E-state index in [1.807, 2.05) is 0 Å². The lowest BCUT2D eigenvalue weighted by Crippen LogP contribution is -2.21. The second-order valence-electron chi connectivity index (χ2n) is 4.91. The van der Waals surface area contributed by atoms with Crippen molar-refractivity contribution in [1.82, 2.24) is 0 Å². The summed E-state index contributed by atoms with van der Waals surface area (Å²) in [6.07, 6.45) is 2.63. The van der Waals surface area contributed by atoms with Crippen molar-refractivity contribution in [3.05, 3.63) is 28.2 Å². The first-order chi connectivity index (χ1) is 12.3. The first kappa shape index (κ1) is 21.3. The predicted octanol–water partition coefficient (Wildman–Crippen LogP) is 1.02. The largest absolute Gasteiger partial charge is 0.460 e. The molecule has 1 heterocycles. The smallest absolute Gasteiger partial charge is 0.341 e. The van der Waals surface area contributed by atoms with Gasteiger partial charge in [0.15, 0.2) is 6.61 Å². The maximum absolute atomic E-state index is 12.3. The molecule has 1 aromatic rings. The zero-order valence-corrected chi connectivity index (χ0v) is 15.4. The third kappa shape index (κ3) is 5.97. The third-order valence-electron chi connectivity index (χ3n) is 3.00. The minimum Gasteiger partial charge on any atom is -0.460 e. The van der Waals surface area contributed by atoms with Gasteiger partial charge >= 0.3 is 11.9 Å². The number of rotatable bonds is 9. The molecule has 0 saturated heterocycles. The number of thiophene rings is 1. The maximum Gasteiger partial charge on any atom is 0.341 e. The quantitative estimate of drug-likeness (QED) is 0.369. The number of allylic oxidation sites excluding steroid dienone is 1. The molecule has 2 amide bonds. The van der Waals surface area contributed by atoms with Gasteiger partial charge in [-0.25, -0.2) is 9.59 Å². The van der Waals surface area contributed by atoms with E-state index in [1.54, 1.807) is 6.92 Å². The number of hydrogen-bond acceptors (Lipinski definition) is 8. The fraction of sp³-hybridized carbons (Fsp3) is 0.375.